The quantitative estimate of drug-likeness (QED) is 0.831. The summed E-state index contributed by atoms with van der Waals surface area (Å²) in [5, 5.41) is 0. The summed E-state index contributed by atoms with van der Waals surface area (Å²) in [6.07, 6.45) is 9.41. The highest BCUT2D eigenvalue weighted by Gasteiger charge is 2.37. The van der Waals surface area contributed by atoms with E-state index in [0.29, 0.717) is 5.41 Å². The first-order valence-corrected chi connectivity index (χ1v) is 7.93. The van der Waals surface area contributed by atoms with Gasteiger partial charge in [-0.3, -0.25) is 0 Å². The van der Waals surface area contributed by atoms with E-state index in [-0.39, 0.29) is 0 Å². The van der Waals surface area contributed by atoms with Crippen LogP contribution in [-0.2, 0) is 4.74 Å². The zero-order valence-corrected chi connectivity index (χ0v) is 12.3. The molecule has 1 heterocycles. The Bertz CT molecular complexity index is 237. The number of hydrogen-bond acceptors (Lipinski definition) is 2. The van der Waals surface area contributed by atoms with Gasteiger partial charge in [-0.05, 0) is 74.7 Å². The Kier molecular flexibility index (Phi) is 5.08. The number of hydrogen-bond donors (Lipinski definition) is 1. The average Bonchev–Trinajstić information content (AvgIpc) is 2.40. The molecule has 0 amide bonds. The van der Waals surface area contributed by atoms with Gasteiger partial charge in [0, 0.05) is 13.2 Å². The summed E-state index contributed by atoms with van der Waals surface area (Å²) < 4.78 is 5.47. The second-order valence-corrected chi connectivity index (χ2v) is 7.05. The predicted molar refractivity (Wildman–Crippen MR) is 76.4 cm³/mol. The van der Waals surface area contributed by atoms with Gasteiger partial charge in [-0.2, -0.15) is 0 Å². The molecule has 2 nitrogen and oxygen atoms in total. The molecule has 2 fully saturated rings. The number of nitrogens with two attached hydrogens (primary N) is 1. The molecular formula is C16H31NO. The van der Waals surface area contributed by atoms with E-state index in [9.17, 15) is 0 Å². The van der Waals surface area contributed by atoms with Crippen molar-refractivity contribution < 1.29 is 4.74 Å². The largest absolute Gasteiger partial charge is 0.381 e. The fourth-order valence-corrected chi connectivity index (χ4v) is 3.97. The van der Waals surface area contributed by atoms with E-state index in [4.69, 9.17) is 10.5 Å². The van der Waals surface area contributed by atoms with E-state index in [1.54, 1.807) is 0 Å². The van der Waals surface area contributed by atoms with Gasteiger partial charge in [0.05, 0.1) is 0 Å². The van der Waals surface area contributed by atoms with Crippen molar-refractivity contribution >= 4 is 0 Å². The third-order valence-electron chi connectivity index (χ3n) is 5.53. The minimum absolute atomic E-state index is 0.466. The van der Waals surface area contributed by atoms with Gasteiger partial charge >= 0.3 is 0 Å². The number of rotatable bonds is 4. The summed E-state index contributed by atoms with van der Waals surface area (Å²) in [6.45, 7) is 7.59. The fraction of sp³-hybridized carbons (Fsp3) is 1.00. The Balaban J connectivity index is 1.87. The van der Waals surface area contributed by atoms with Crippen molar-refractivity contribution in [2.75, 3.05) is 19.8 Å². The monoisotopic (exact) mass is 253 g/mol. The summed E-state index contributed by atoms with van der Waals surface area (Å²) in [6, 6.07) is 0. The molecule has 0 radical (unpaired) electrons. The Morgan fingerprint density at radius 2 is 1.72 bits per heavy atom. The van der Waals surface area contributed by atoms with Crippen LogP contribution in [0, 0.1) is 23.2 Å². The SMILES string of the molecule is CC(C)C1CCC(CN)(CC2CCOCC2)CC1. The van der Waals surface area contributed by atoms with Gasteiger partial charge in [-0.25, -0.2) is 0 Å². The van der Waals surface area contributed by atoms with Crippen LogP contribution in [0.25, 0.3) is 0 Å². The van der Waals surface area contributed by atoms with Crippen LogP contribution in [0.5, 0.6) is 0 Å². The van der Waals surface area contributed by atoms with Crippen LogP contribution in [0.15, 0.2) is 0 Å². The Hall–Kier alpha value is -0.0800. The summed E-state index contributed by atoms with van der Waals surface area (Å²) >= 11 is 0. The zero-order valence-electron chi connectivity index (χ0n) is 12.3. The van der Waals surface area contributed by atoms with E-state index >= 15 is 0 Å². The van der Waals surface area contributed by atoms with Gasteiger partial charge in [-0.1, -0.05) is 13.8 Å². The normalized spacial score (nSPS) is 35.0. The maximum absolute atomic E-state index is 6.15. The summed E-state index contributed by atoms with van der Waals surface area (Å²) in [7, 11) is 0. The van der Waals surface area contributed by atoms with Crippen LogP contribution in [-0.4, -0.2) is 19.8 Å². The van der Waals surface area contributed by atoms with E-state index in [0.717, 1.165) is 37.5 Å². The second kappa shape index (κ2) is 6.38. The summed E-state index contributed by atoms with van der Waals surface area (Å²) in [5.74, 6) is 2.67. The zero-order chi connectivity index (χ0) is 13.0. The average molecular weight is 253 g/mol. The molecule has 2 heteroatoms. The van der Waals surface area contributed by atoms with Crippen molar-refractivity contribution in [3.05, 3.63) is 0 Å². The molecule has 0 spiro atoms. The lowest BCUT2D eigenvalue weighted by molar-refractivity contribution is 0.0323. The maximum Gasteiger partial charge on any atom is 0.0468 e. The molecule has 2 aliphatic rings. The van der Waals surface area contributed by atoms with Gasteiger partial charge in [0.15, 0.2) is 0 Å². The lowest BCUT2D eigenvalue weighted by atomic mass is 9.64. The molecular weight excluding hydrogens is 222 g/mol. The minimum atomic E-state index is 0.466. The van der Waals surface area contributed by atoms with Crippen molar-refractivity contribution in [1.82, 2.24) is 0 Å². The summed E-state index contributed by atoms with van der Waals surface area (Å²) in [4.78, 5) is 0. The third-order valence-corrected chi connectivity index (χ3v) is 5.53. The Morgan fingerprint density at radius 3 is 2.22 bits per heavy atom. The minimum Gasteiger partial charge on any atom is -0.381 e. The molecule has 0 atom stereocenters. The van der Waals surface area contributed by atoms with Crippen molar-refractivity contribution in [3.8, 4) is 0 Å². The van der Waals surface area contributed by atoms with Crippen LogP contribution in [0.2, 0.25) is 0 Å². The second-order valence-electron chi connectivity index (χ2n) is 7.05. The highest BCUT2D eigenvalue weighted by atomic mass is 16.5. The van der Waals surface area contributed by atoms with Gasteiger partial charge in [0.2, 0.25) is 0 Å². The molecule has 0 aromatic carbocycles. The first-order chi connectivity index (χ1) is 8.65. The van der Waals surface area contributed by atoms with Crippen LogP contribution in [0.4, 0.5) is 0 Å². The molecule has 0 bridgehead atoms. The smallest absolute Gasteiger partial charge is 0.0468 e. The molecule has 2 N–H and O–H groups in total. The predicted octanol–water partition coefficient (Wildman–Crippen LogP) is 3.59. The van der Waals surface area contributed by atoms with E-state index in [2.05, 4.69) is 13.8 Å². The molecule has 1 saturated heterocycles. The first kappa shape index (κ1) is 14.3. The maximum atomic E-state index is 6.15. The molecule has 18 heavy (non-hydrogen) atoms. The highest BCUT2D eigenvalue weighted by Crippen LogP contribution is 2.45. The molecule has 2 rings (SSSR count). The molecule has 0 aromatic rings. The van der Waals surface area contributed by atoms with E-state index in [1.165, 1.54) is 44.9 Å². The van der Waals surface area contributed by atoms with Crippen molar-refractivity contribution in [2.24, 2.45) is 28.9 Å². The van der Waals surface area contributed by atoms with Gasteiger partial charge in [-0.15, -0.1) is 0 Å². The lowest BCUT2D eigenvalue weighted by Crippen LogP contribution is -2.38. The van der Waals surface area contributed by atoms with E-state index < -0.39 is 0 Å². The van der Waals surface area contributed by atoms with Crippen molar-refractivity contribution in [1.29, 1.82) is 0 Å². The van der Waals surface area contributed by atoms with Crippen LogP contribution in [0.3, 0.4) is 0 Å². The fourth-order valence-electron chi connectivity index (χ4n) is 3.97. The van der Waals surface area contributed by atoms with Crippen LogP contribution < -0.4 is 5.73 Å². The first-order valence-electron chi connectivity index (χ1n) is 7.93. The third kappa shape index (κ3) is 3.48. The van der Waals surface area contributed by atoms with Gasteiger partial charge in [0.25, 0.3) is 0 Å². The van der Waals surface area contributed by atoms with E-state index in [1.807, 2.05) is 0 Å². The van der Waals surface area contributed by atoms with Gasteiger partial charge in [0.1, 0.15) is 0 Å². The topological polar surface area (TPSA) is 35.2 Å². The molecule has 1 saturated carbocycles. The van der Waals surface area contributed by atoms with Crippen LogP contribution >= 0.6 is 0 Å². The molecule has 0 aromatic heterocycles. The number of ether oxygens (including phenoxy) is 1. The summed E-state index contributed by atoms with van der Waals surface area (Å²) in [5.41, 5.74) is 6.61. The van der Waals surface area contributed by atoms with Gasteiger partial charge < -0.3 is 10.5 Å². The van der Waals surface area contributed by atoms with Crippen molar-refractivity contribution in [2.45, 2.75) is 58.8 Å². The molecule has 1 aliphatic carbocycles. The Morgan fingerprint density at radius 1 is 1.11 bits per heavy atom. The lowest BCUT2D eigenvalue weighted by Gasteiger charge is -2.43. The molecule has 106 valence electrons. The molecule has 1 aliphatic heterocycles. The Labute approximate surface area is 113 Å². The molecule has 0 unspecified atom stereocenters. The van der Waals surface area contributed by atoms with Crippen molar-refractivity contribution in [3.63, 3.8) is 0 Å². The standard InChI is InChI=1S/C16H31NO/c1-13(2)15-3-7-16(12-17,8-4-15)11-14-5-9-18-10-6-14/h13-15H,3-12,17H2,1-2H3. The van der Waals surface area contributed by atoms with Crippen LogP contribution in [0.1, 0.15) is 58.8 Å². The highest BCUT2D eigenvalue weighted by molar-refractivity contribution is 4.89.